The summed E-state index contributed by atoms with van der Waals surface area (Å²) in [7, 11) is 0. The third-order valence-corrected chi connectivity index (χ3v) is 5.54. The molecule has 0 bridgehead atoms. The Bertz CT molecular complexity index is 893. The summed E-state index contributed by atoms with van der Waals surface area (Å²) in [5.41, 5.74) is 6.12. The van der Waals surface area contributed by atoms with Crippen LogP contribution in [0.2, 0.25) is 0 Å². The summed E-state index contributed by atoms with van der Waals surface area (Å²) in [6.45, 7) is 2.13. The van der Waals surface area contributed by atoms with Gasteiger partial charge in [0.1, 0.15) is 6.07 Å². The van der Waals surface area contributed by atoms with Gasteiger partial charge in [-0.3, -0.25) is 9.78 Å². The minimum absolute atomic E-state index is 0.0493. The van der Waals surface area contributed by atoms with Crippen molar-refractivity contribution in [1.82, 2.24) is 10.3 Å². The monoisotopic (exact) mass is 346 g/mol. The number of aryl methyl sites for hydroxylation is 1. The number of carbonyl (C=O) groups is 1. The van der Waals surface area contributed by atoms with Gasteiger partial charge in [0.15, 0.2) is 0 Å². The van der Waals surface area contributed by atoms with Gasteiger partial charge >= 0.3 is 0 Å². The van der Waals surface area contributed by atoms with Crippen molar-refractivity contribution in [3.63, 3.8) is 0 Å². The number of aromatic nitrogens is 1. The second-order valence-electron chi connectivity index (χ2n) is 7.26. The van der Waals surface area contributed by atoms with Crippen LogP contribution in [0.25, 0.3) is 0 Å². The number of benzene rings is 1. The van der Waals surface area contributed by atoms with Crippen LogP contribution in [0.5, 0.6) is 0 Å². The molecule has 4 rings (SSSR count). The third kappa shape index (κ3) is 3.03. The van der Waals surface area contributed by atoms with Crippen LogP contribution in [-0.4, -0.2) is 23.0 Å². The molecule has 1 aromatic heterocycles. The fourth-order valence-electron chi connectivity index (χ4n) is 4.04. The Morgan fingerprint density at radius 1 is 1.19 bits per heavy atom. The SMILES string of the molecule is Cc1ccc(C(=O)NC2CC(Nc3ccncc3C#N)C2)c2c1CCC2. The zero-order chi connectivity index (χ0) is 18.1. The highest BCUT2D eigenvalue weighted by atomic mass is 16.1. The number of amides is 1. The Hall–Kier alpha value is -2.87. The summed E-state index contributed by atoms with van der Waals surface area (Å²) in [6.07, 6.45) is 8.22. The van der Waals surface area contributed by atoms with Gasteiger partial charge in [-0.25, -0.2) is 0 Å². The summed E-state index contributed by atoms with van der Waals surface area (Å²) in [4.78, 5) is 16.7. The van der Waals surface area contributed by atoms with Gasteiger partial charge in [-0.1, -0.05) is 6.07 Å². The molecule has 1 fully saturated rings. The Morgan fingerprint density at radius 2 is 2.00 bits per heavy atom. The number of nitriles is 1. The number of hydrogen-bond donors (Lipinski definition) is 2. The lowest BCUT2D eigenvalue weighted by Gasteiger charge is -2.37. The Morgan fingerprint density at radius 3 is 2.81 bits per heavy atom. The highest BCUT2D eigenvalue weighted by Gasteiger charge is 2.31. The van der Waals surface area contributed by atoms with Gasteiger partial charge in [-0.2, -0.15) is 5.26 Å². The van der Waals surface area contributed by atoms with E-state index in [2.05, 4.69) is 34.7 Å². The van der Waals surface area contributed by atoms with Crippen molar-refractivity contribution in [2.45, 2.75) is 51.1 Å². The first kappa shape index (κ1) is 16.6. The molecular formula is C21H22N4O. The maximum Gasteiger partial charge on any atom is 0.251 e. The van der Waals surface area contributed by atoms with Gasteiger partial charge in [0, 0.05) is 30.0 Å². The van der Waals surface area contributed by atoms with Crippen molar-refractivity contribution in [2.24, 2.45) is 0 Å². The number of fused-ring (bicyclic) bond motifs is 1. The third-order valence-electron chi connectivity index (χ3n) is 5.54. The molecule has 5 heteroatoms. The number of pyridine rings is 1. The lowest BCUT2D eigenvalue weighted by molar-refractivity contribution is 0.0912. The number of anilines is 1. The number of nitrogens with zero attached hydrogens (tertiary/aromatic N) is 2. The molecule has 0 aliphatic heterocycles. The van der Waals surface area contributed by atoms with Gasteiger partial charge in [0.05, 0.1) is 11.3 Å². The molecule has 1 amide bonds. The van der Waals surface area contributed by atoms with Crippen LogP contribution in [0.1, 0.15) is 51.9 Å². The van der Waals surface area contributed by atoms with Gasteiger partial charge < -0.3 is 10.6 Å². The first-order chi connectivity index (χ1) is 12.7. The largest absolute Gasteiger partial charge is 0.381 e. The average Bonchev–Trinajstić information content (AvgIpc) is 3.11. The summed E-state index contributed by atoms with van der Waals surface area (Å²) >= 11 is 0. The van der Waals surface area contributed by atoms with Crippen molar-refractivity contribution in [2.75, 3.05) is 5.32 Å². The second-order valence-corrected chi connectivity index (χ2v) is 7.26. The minimum atomic E-state index is 0.0493. The summed E-state index contributed by atoms with van der Waals surface area (Å²) in [5, 5.41) is 15.7. The summed E-state index contributed by atoms with van der Waals surface area (Å²) < 4.78 is 0. The van der Waals surface area contributed by atoms with Crippen molar-refractivity contribution < 1.29 is 4.79 Å². The molecule has 1 saturated carbocycles. The van der Waals surface area contributed by atoms with E-state index in [0.717, 1.165) is 43.4 Å². The Kier molecular flexibility index (Phi) is 4.34. The van der Waals surface area contributed by atoms with Gasteiger partial charge in [0.2, 0.25) is 0 Å². The maximum absolute atomic E-state index is 12.7. The summed E-state index contributed by atoms with van der Waals surface area (Å²) in [5.74, 6) is 0.0493. The van der Waals surface area contributed by atoms with Crippen LogP contribution in [0.15, 0.2) is 30.6 Å². The molecule has 0 saturated heterocycles. The van der Waals surface area contributed by atoms with E-state index < -0.39 is 0 Å². The second kappa shape index (κ2) is 6.80. The van der Waals surface area contributed by atoms with Crippen LogP contribution in [0, 0.1) is 18.3 Å². The van der Waals surface area contributed by atoms with E-state index in [1.54, 1.807) is 12.4 Å². The number of nitrogens with one attached hydrogen (secondary N) is 2. The zero-order valence-corrected chi connectivity index (χ0v) is 14.9. The molecule has 2 aromatic rings. The lowest BCUT2D eigenvalue weighted by Crippen LogP contribution is -2.49. The van der Waals surface area contributed by atoms with Crippen LogP contribution < -0.4 is 10.6 Å². The zero-order valence-electron chi connectivity index (χ0n) is 14.9. The molecule has 0 radical (unpaired) electrons. The average molecular weight is 346 g/mol. The van der Waals surface area contributed by atoms with Crippen LogP contribution in [-0.2, 0) is 12.8 Å². The smallest absolute Gasteiger partial charge is 0.251 e. The molecule has 0 unspecified atom stereocenters. The number of hydrogen-bond acceptors (Lipinski definition) is 4. The first-order valence-corrected chi connectivity index (χ1v) is 9.18. The van der Waals surface area contributed by atoms with E-state index in [0.29, 0.717) is 5.56 Å². The molecule has 2 N–H and O–H groups in total. The normalized spacial score (nSPS) is 20.6. The molecule has 1 aromatic carbocycles. The highest BCUT2D eigenvalue weighted by molar-refractivity contribution is 5.96. The van der Waals surface area contributed by atoms with E-state index in [1.165, 1.54) is 16.7 Å². The van der Waals surface area contributed by atoms with Crippen molar-refractivity contribution >= 4 is 11.6 Å². The molecule has 2 aliphatic rings. The number of carbonyl (C=O) groups excluding carboxylic acids is 1. The maximum atomic E-state index is 12.7. The fraction of sp³-hybridized carbons (Fsp3) is 0.381. The molecule has 0 atom stereocenters. The van der Waals surface area contributed by atoms with Gasteiger partial charge in [-0.05, 0) is 67.9 Å². The highest BCUT2D eigenvalue weighted by Crippen LogP contribution is 2.30. The van der Waals surface area contributed by atoms with Gasteiger partial charge in [0.25, 0.3) is 5.91 Å². The quantitative estimate of drug-likeness (QED) is 0.892. The summed E-state index contributed by atoms with van der Waals surface area (Å²) in [6, 6.07) is 8.47. The van der Waals surface area contributed by atoms with Crippen LogP contribution in [0.3, 0.4) is 0 Å². The van der Waals surface area contributed by atoms with E-state index in [1.807, 2.05) is 12.1 Å². The van der Waals surface area contributed by atoms with E-state index in [4.69, 9.17) is 5.26 Å². The van der Waals surface area contributed by atoms with E-state index in [-0.39, 0.29) is 18.0 Å². The van der Waals surface area contributed by atoms with Crippen molar-refractivity contribution in [3.8, 4) is 6.07 Å². The standard InChI is InChI=1S/C21H22N4O/c1-13-5-6-19(18-4-2-3-17(13)18)21(26)25-16-9-15(10-16)24-20-7-8-23-12-14(20)11-22/h5-8,12,15-16H,2-4,9-10H2,1H3,(H,23,24)(H,25,26). The van der Waals surface area contributed by atoms with Crippen molar-refractivity contribution in [1.29, 1.82) is 5.26 Å². The Labute approximate surface area is 153 Å². The lowest BCUT2D eigenvalue weighted by atomic mass is 9.86. The van der Waals surface area contributed by atoms with Gasteiger partial charge in [-0.15, -0.1) is 0 Å². The molecule has 2 aliphatic carbocycles. The van der Waals surface area contributed by atoms with E-state index >= 15 is 0 Å². The first-order valence-electron chi connectivity index (χ1n) is 9.18. The molecule has 5 nitrogen and oxygen atoms in total. The predicted octanol–water partition coefficient (Wildman–Crippen LogP) is 3.12. The molecule has 1 heterocycles. The topological polar surface area (TPSA) is 77.8 Å². The van der Waals surface area contributed by atoms with E-state index in [9.17, 15) is 4.79 Å². The predicted molar refractivity (Wildman–Crippen MR) is 100 cm³/mol. The minimum Gasteiger partial charge on any atom is -0.381 e. The van der Waals surface area contributed by atoms with Crippen LogP contribution >= 0.6 is 0 Å². The molecule has 0 spiro atoms. The molecule has 26 heavy (non-hydrogen) atoms. The molecular weight excluding hydrogens is 324 g/mol. The number of rotatable bonds is 4. The van der Waals surface area contributed by atoms with Crippen molar-refractivity contribution in [3.05, 3.63) is 58.4 Å². The fourth-order valence-corrected chi connectivity index (χ4v) is 4.04. The molecule has 132 valence electrons. The van der Waals surface area contributed by atoms with Crippen LogP contribution in [0.4, 0.5) is 5.69 Å². The Balaban J connectivity index is 1.36.